The van der Waals surface area contributed by atoms with Crippen LogP contribution in [0.15, 0.2) is 53.5 Å². The summed E-state index contributed by atoms with van der Waals surface area (Å²) in [5.74, 6) is 1.06. The van der Waals surface area contributed by atoms with Gasteiger partial charge in [0.1, 0.15) is 5.84 Å². The van der Waals surface area contributed by atoms with Crippen molar-refractivity contribution in [1.82, 2.24) is 4.90 Å². The summed E-state index contributed by atoms with van der Waals surface area (Å²) in [5.41, 5.74) is 4.98. The van der Waals surface area contributed by atoms with Crippen molar-refractivity contribution in [3.05, 3.63) is 65.2 Å². The van der Waals surface area contributed by atoms with Crippen LogP contribution < -0.4 is 4.90 Å². The third-order valence-corrected chi connectivity index (χ3v) is 5.18. The van der Waals surface area contributed by atoms with Crippen LogP contribution >= 0.6 is 0 Å². The Bertz CT molecular complexity index is 781. The van der Waals surface area contributed by atoms with Crippen LogP contribution in [0.4, 0.5) is 5.69 Å². The predicted octanol–water partition coefficient (Wildman–Crippen LogP) is 3.97. The molecule has 0 amide bonds. The number of hydrogen-bond acceptors (Lipinski definition) is 4. The molecule has 0 N–H and O–H groups in total. The van der Waals surface area contributed by atoms with Gasteiger partial charge in [0, 0.05) is 24.4 Å². The smallest absolute Gasteiger partial charge is 0.137 e. The number of amidine groups is 1. The summed E-state index contributed by atoms with van der Waals surface area (Å²) in [6.07, 6.45) is 2.69. The van der Waals surface area contributed by atoms with E-state index < -0.39 is 0 Å². The molecular formula is C22H27N3O. The highest BCUT2D eigenvalue weighted by Gasteiger charge is 2.27. The van der Waals surface area contributed by atoms with Crippen molar-refractivity contribution in [2.45, 2.75) is 32.8 Å². The second-order valence-corrected chi connectivity index (χ2v) is 7.34. The van der Waals surface area contributed by atoms with Crippen LogP contribution in [0.3, 0.4) is 0 Å². The lowest BCUT2D eigenvalue weighted by Gasteiger charge is -2.38. The molecule has 136 valence electrons. The van der Waals surface area contributed by atoms with E-state index >= 15 is 0 Å². The highest BCUT2D eigenvalue weighted by atomic mass is 16.5. The zero-order chi connectivity index (χ0) is 17.9. The minimum atomic E-state index is 0.351. The molecule has 1 fully saturated rings. The Balaban J connectivity index is 1.65. The van der Waals surface area contributed by atoms with Gasteiger partial charge in [-0.3, -0.25) is 9.89 Å². The SMILES string of the molecule is Cc1ccc(N2CN(CC3CCCO3)CN=C2c2ccccc2)c(C)c1. The van der Waals surface area contributed by atoms with Crippen LogP contribution in [0.1, 0.15) is 29.5 Å². The Morgan fingerprint density at radius 3 is 2.69 bits per heavy atom. The normalized spacial score (nSPS) is 21.1. The van der Waals surface area contributed by atoms with Crippen LogP contribution in [0.25, 0.3) is 0 Å². The Morgan fingerprint density at radius 2 is 1.96 bits per heavy atom. The number of nitrogens with zero attached hydrogens (tertiary/aromatic N) is 3. The first-order chi connectivity index (χ1) is 12.7. The van der Waals surface area contributed by atoms with E-state index in [9.17, 15) is 0 Å². The van der Waals surface area contributed by atoms with Crippen molar-refractivity contribution >= 4 is 11.5 Å². The monoisotopic (exact) mass is 349 g/mol. The van der Waals surface area contributed by atoms with E-state index in [0.29, 0.717) is 6.10 Å². The van der Waals surface area contributed by atoms with Crippen LogP contribution in [0.5, 0.6) is 0 Å². The fourth-order valence-corrected chi connectivity index (χ4v) is 3.89. The highest BCUT2D eigenvalue weighted by Crippen LogP contribution is 2.26. The lowest BCUT2D eigenvalue weighted by atomic mass is 10.1. The maximum atomic E-state index is 5.84. The molecule has 1 saturated heterocycles. The largest absolute Gasteiger partial charge is 0.377 e. The van der Waals surface area contributed by atoms with Crippen LogP contribution in [0, 0.1) is 13.8 Å². The molecule has 2 aromatic carbocycles. The van der Waals surface area contributed by atoms with E-state index in [1.807, 2.05) is 0 Å². The van der Waals surface area contributed by atoms with Crippen LogP contribution in [0.2, 0.25) is 0 Å². The predicted molar refractivity (Wildman–Crippen MR) is 107 cm³/mol. The molecule has 2 aliphatic rings. The summed E-state index contributed by atoms with van der Waals surface area (Å²) < 4.78 is 5.84. The molecule has 0 radical (unpaired) electrons. The molecule has 4 nitrogen and oxygen atoms in total. The zero-order valence-electron chi connectivity index (χ0n) is 15.7. The van der Waals surface area contributed by atoms with E-state index in [1.165, 1.54) is 28.8 Å². The summed E-state index contributed by atoms with van der Waals surface area (Å²) in [6.45, 7) is 7.75. The van der Waals surface area contributed by atoms with Gasteiger partial charge in [-0.25, -0.2) is 0 Å². The van der Waals surface area contributed by atoms with Gasteiger partial charge < -0.3 is 9.64 Å². The van der Waals surface area contributed by atoms with Gasteiger partial charge in [0.05, 0.1) is 19.4 Å². The Hall–Kier alpha value is -2.17. The van der Waals surface area contributed by atoms with E-state index in [4.69, 9.17) is 9.73 Å². The molecule has 1 unspecified atom stereocenters. The van der Waals surface area contributed by atoms with Gasteiger partial charge in [0.15, 0.2) is 0 Å². The summed E-state index contributed by atoms with van der Waals surface area (Å²) >= 11 is 0. The molecular weight excluding hydrogens is 322 g/mol. The molecule has 0 bridgehead atoms. The quantitative estimate of drug-likeness (QED) is 0.836. The van der Waals surface area contributed by atoms with Crippen molar-refractivity contribution in [3.63, 3.8) is 0 Å². The summed E-state index contributed by atoms with van der Waals surface area (Å²) in [7, 11) is 0. The average molecular weight is 349 g/mol. The number of benzene rings is 2. The highest BCUT2D eigenvalue weighted by molar-refractivity contribution is 6.10. The van der Waals surface area contributed by atoms with Crippen molar-refractivity contribution < 1.29 is 4.74 Å². The molecule has 1 atom stereocenters. The van der Waals surface area contributed by atoms with Gasteiger partial charge in [0.2, 0.25) is 0 Å². The first-order valence-electron chi connectivity index (χ1n) is 9.49. The first-order valence-corrected chi connectivity index (χ1v) is 9.49. The number of anilines is 1. The maximum absolute atomic E-state index is 5.84. The maximum Gasteiger partial charge on any atom is 0.137 e. The molecule has 0 saturated carbocycles. The number of rotatable bonds is 4. The number of hydrogen-bond donors (Lipinski definition) is 0. The van der Waals surface area contributed by atoms with Gasteiger partial charge in [-0.15, -0.1) is 0 Å². The van der Waals surface area contributed by atoms with Crippen molar-refractivity contribution in [2.24, 2.45) is 4.99 Å². The van der Waals surface area contributed by atoms with E-state index in [2.05, 4.69) is 72.2 Å². The van der Waals surface area contributed by atoms with E-state index in [0.717, 1.165) is 38.7 Å². The van der Waals surface area contributed by atoms with Crippen LogP contribution in [-0.2, 0) is 4.74 Å². The lowest BCUT2D eigenvalue weighted by Crippen LogP contribution is -2.49. The molecule has 0 aromatic heterocycles. The van der Waals surface area contributed by atoms with E-state index in [1.54, 1.807) is 0 Å². The third-order valence-electron chi connectivity index (χ3n) is 5.18. The lowest BCUT2D eigenvalue weighted by molar-refractivity contribution is 0.0739. The molecule has 2 heterocycles. The minimum Gasteiger partial charge on any atom is -0.377 e. The fraction of sp³-hybridized carbons (Fsp3) is 0.409. The molecule has 2 aromatic rings. The van der Waals surface area contributed by atoms with Gasteiger partial charge in [-0.2, -0.15) is 0 Å². The van der Waals surface area contributed by atoms with Crippen molar-refractivity contribution in [2.75, 3.05) is 31.4 Å². The third kappa shape index (κ3) is 3.67. The molecule has 4 rings (SSSR count). The first kappa shape index (κ1) is 17.3. The topological polar surface area (TPSA) is 28.1 Å². The van der Waals surface area contributed by atoms with Crippen molar-refractivity contribution in [1.29, 1.82) is 0 Å². The Morgan fingerprint density at radius 1 is 1.12 bits per heavy atom. The number of aliphatic imine (C=N–C) groups is 1. The number of aryl methyl sites for hydroxylation is 2. The molecule has 0 aliphatic carbocycles. The van der Waals surface area contributed by atoms with Gasteiger partial charge in [-0.1, -0.05) is 48.0 Å². The Labute approximate surface area is 156 Å². The second-order valence-electron chi connectivity index (χ2n) is 7.34. The summed E-state index contributed by atoms with van der Waals surface area (Å²) in [5, 5.41) is 0. The fourth-order valence-electron chi connectivity index (χ4n) is 3.89. The molecule has 0 spiro atoms. The molecule has 2 aliphatic heterocycles. The molecule has 4 heteroatoms. The standard InChI is InChI=1S/C22H27N3O/c1-17-10-11-21(18(2)13-17)25-16-24(14-20-9-6-12-26-20)15-23-22(25)19-7-4-3-5-8-19/h3-5,7-8,10-11,13,20H,6,9,12,14-16H2,1-2H3. The van der Waals surface area contributed by atoms with Gasteiger partial charge in [0.25, 0.3) is 0 Å². The van der Waals surface area contributed by atoms with Gasteiger partial charge in [-0.05, 0) is 38.3 Å². The van der Waals surface area contributed by atoms with Gasteiger partial charge >= 0.3 is 0 Å². The van der Waals surface area contributed by atoms with Crippen molar-refractivity contribution in [3.8, 4) is 0 Å². The zero-order valence-corrected chi connectivity index (χ0v) is 15.7. The average Bonchev–Trinajstić information content (AvgIpc) is 3.15. The molecule has 26 heavy (non-hydrogen) atoms. The Kier molecular flexibility index (Phi) is 5.05. The summed E-state index contributed by atoms with van der Waals surface area (Å²) in [6, 6.07) is 17.2. The van der Waals surface area contributed by atoms with E-state index in [-0.39, 0.29) is 0 Å². The minimum absolute atomic E-state index is 0.351. The number of ether oxygens (including phenoxy) is 1. The second kappa shape index (κ2) is 7.60. The van der Waals surface area contributed by atoms with Crippen LogP contribution in [-0.4, -0.2) is 43.3 Å². The summed E-state index contributed by atoms with van der Waals surface area (Å²) in [4.78, 5) is 9.70.